The molecule has 1 heterocycles. The Kier molecular flexibility index (Phi) is 5.65. The number of aliphatic hydroxyl groups is 1. The molecule has 1 aromatic heterocycles. The van der Waals surface area contributed by atoms with E-state index in [0.717, 1.165) is 5.56 Å². The molecule has 0 aliphatic carbocycles. The number of nitrogens with zero attached hydrogens (tertiary/aromatic N) is 2. The second-order valence-electron chi connectivity index (χ2n) is 3.82. The average Bonchev–Trinajstić information content (AvgIpc) is 2.64. The van der Waals surface area contributed by atoms with Crippen LogP contribution < -0.4 is 5.32 Å². The molecule has 6 nitrogen and oxygen atoms in total. The van der Waals surface area contributed by atoms with E-state index in [-0.39, 0.29) is 12.4 Å². The summed E-state index contributed by atoms with van der Waals surface area (Å²) in [6, 6.07) is 0. The van der Waals surface area contributed by atoms with Crippen molar-refractivity contribution in [3.8, 4) is 0 Å². The molecule has 1 aromatic rings. The van der Waals surface area contributed by atoms with Gasteiger partial charge in [0.15, 0.2) is 0 Å². The molecule has 0 radical (unpaired) electrons. The number of hydrogen-bond acceptors (Lipinski definition) is 5. The van der Waals surface area contributed by atoms with Crippen molar-refractivity contribution in [1.29, 1.82) is 0 Å². The maximum atomic E-state index is 11.1. The smallest absolute Gasteiger partial charge is 0.308 e. The predicted octanol–water partition coefficient (Wildman–Crippen LogP) is -0.176. The van der Waals surface area contributed by atoms with Crippen LogP contribution in [0.5, 0.6) is 0 Å². The van der Waals surface area contributed by atoms with E-state index in [9.17, 15) is 9.90 Å². The number of rotatable bonds is 7. The second kappa shape index (κ2) is 7.03. The number of hydrogen-bond donors (Lipinski definition) is 2. The summed E-state index contributed by atoms with van der Waals surface area (Å²) in [7, 11) is 1.85. The summed E-state index contributed by atoms with van der Waals surface area (Å²) in [6.07, 6.45) is 2.95. The third-order valence-corrected chi connectivity index (χ3v) is 2.18. The molecule has 0 amide bonds. The van der Waals surface area contributed by atoms with Crippen LogP contribution >= 0.6 is 0 Å². The summed E-state index contributed by atoms with van der Waals surface area (Å²) in [5, 5.41) is 16.6. The highest BCUT2D eigenvalue weighted by Crippen LogP contribution is 1.97. The van der Waals surface area contributed by atoms with Gasteiger partial charge in [-0.2, -0.15) is 5.10 Å². The van der Waals surface area contributed by atoms with Crippen LogP contribution in [-0.2, 0) is 23.1 Å². The number of aryl methyl sites for hydroxylation is 1. The van der Waals surface area contributed by atoms with Gasteiger partial charge in [-0.1, -0.05) is 0 Å². The molecule has 17 heavy (non-hydrogen) atoms. The average molecular weight is 241 g/mol. The first kappa shape index (κ1) is 13.7. The summed E-state index contributed by atoms with van der Waals surface area (Å²) < 4.78 is 6.45. The first-order chi connectivity index (χ1) is 8.11. The van der Waals surface area contributed by atoms with Gasteiger partial charge in [0, 0.05) is 31.9 Å². The van der Waals surface area contributed by atoms with Gasteiger partial charge in [-0.25, -0.2) is 0 Å². The molecule has 0 spiro atoms. The lowest BCUT2D eigenvalue weighted by Crippen LogP contribution is -2.28. The van der Waals surface area contributed by atoms with E-state index in [1.54, 1.807) is 17.8 Å². The highest BCUT2D eigenvalue weighted by Gasteiger charge is 2.10. The van der Waals surface area contributed by atoms with Crippen molar-refractivity contribution in [3.05, 3.63) is 18.0 Å². The fourth-order valence-electron chi connectivity index (χ4n) is 1.43. The minimum atomic E-state index is -0.717. The molecular formula is C11H19N3O3. The summed E-state index contributed by atoms with van der Waals surface area (Å²) >= 11 is 0. The molecule has 0 aliphatic heterocycles. The standard InChI is InChI=1S/C11H19N3O3/c1-3-17-11(16)4-10(15)7-12-5-9-6-13-14(2)8-9/h6,8,10,12,15H,3-5,7H2,1-2H3. The predicted molar refractivity (Wildman–Crippen MR) is 62.2 cm³/mol. The molecular weight excluding hydrogens is 222 g/mol. The van der Waals surface area contributed by atoms with Crippen LogP contribution in [0, 0.1) is 0 Å². The maximum Gasteiger partial charge on any atom is 0.308 e. The number of aliphatic hydroxyl groups excluding tert-OH is 1. The molecule has 1 atom stereocenters. The van der Waals surface area contributed by atoms with Crippen molar-refractivity contribution >= 4 is 5.97 Å². The van der Waals surface area contributed by atoms with Crippen LogP contribution in [0.15, 0.2) is 12.4 Å². The quantitative estimate of drug-likeness (QED) is 0.648. The molecule has 1 rings (SSSR count). The van der Waals surface area contributed by atoms with E-state index in [0.29, 0.717) is 19.7 Å². The van der Waals surface area contributed by atoms with Gasteiger partial charge in [0.25, 0.3) is 0 Å². The number of nitrogens with one attached hydrogen (secondary N) is 1. The normalized spacial score (nSPS) is 12.4. The molecule has 0 aliphatic rings. The SMILES string of the molecule is CCOC(=O)CC(O)CNCc1cnn(C)c1. The Morgan fingerprint density at radius 1 is 1.71 bits per heavy atom. The minimum Gasteiger partial charge on any atom is -0.466 e. The molecule has 0 bridgehead atoms. The lowest BCUT2D eigenvalue weighted by Gasteiger charge is -2.10. The number of esters is 1. The lowest BCUT2D eigenvalue weighted by atomic mass is 10.2. The monoisotopic (exact) mass is 241 g/mol. The topological polar surface area (TPSA) is 76.4 Å². The van der Waals surface area contributed by atoms with Crippen LogP contribution in [0.2, 0.25) is 0 Å². The third-order valence-electron chi connectivity index (χ3n) is 2.18. The number of carbonyl (C=O) groups excluding carboxylic acids is 1. The summed E-state index contributed by atoms with van der Waals surface area (Å²) in [6.45, 7) is 3.06. The highest BCUT2D eigenvalue weighted by atomic mass is 16.5. The van der Waals surface area contributed by atoms with Gasteiger partial charge in [-0.3, -0.25) is 9.48 Å². The maximum absolute atomic E-state index is 11.1. The fourth-order valence-corrected chi connectivity index (χ4v) is 1.43. The number of ether oxygens (including phenoxy) is 1. The molecule has 0 saturated carbocycles. The van der Waals surface area contributed by atoms with E-state index in [1.165, 1.54) is 0 Å². The first-order valence-corrected chi connectivity index (χ1v) is 5.63. The molecule has 0 saturated heterocycles. The molecule has 96 valence electrons. The van der Waals surface area contributed by atoms with Crippen molar-refractivity contribution in [2.24, 2.45) is 7.05 Å². The van der Waals surface area contributed by atoms with Crippen molar-refractivity contribution < 1.29 is 14.6 Å². The molecule has 0 aromatic carbocycles. The van der Waals surface area contributed by atoms with Gasteiger partial charge >= 0.3 is 5.97 Å². The highest BCUT2D eigenvalue weighted by molar-refractivity contribution is 5.69. The van der Waals surface area contributed by atoms with E-state index in [1.807, 2.05) is 13.2 Å². The van der Waals surface area contributed by atoms with Gasteiger partial charge in [0.2, 0.25) is 0 Å². The zero-order chi connectivity index (χ0) is 12.7. The lowest BCUT2D eigenvalue weighted by molar-refractivity contribution is -0.145. The van der Waals surface area contributed by atoms with Crippen LogP contribution in [0.3, 0.4) is 0 Å². The molecule has 2 N–H and O–H groups in total. The van der Waals surface area contributed by atoms with Gasteiger partial charge < -0.3 is 15.2 Å². The van der Waals surface area contributed by atoms with Crippen molar-refractivity contribution in [2.45, 2.75) is 26.0 Å². The second-order valence-corrected chi connectivity index (χ2v) is 3.82. The summed E-state index contributed by atoms with van der Waals surface area (Å²) in [4.78, 5) is 11.1. The Morgan fingerprint density at radius 2 is 2.47 bits per heavy atom. The van der Waals surface area contributed by atoms with E-state index in [2.05, 4.69) is 10.4 Å². The van der Waals surface area contributed by atoms with E-state index < -0.39 is 6.10 Å². The Balaban J connectivity index is 2.15. The first-order valence-electron chi connectivity index (χ1n) is 5.63. The van der Waals surface area contributed by atoms with Crippen LogP contribution in [0.25, 0.3) is 0 Å². The molecule has 0 fully saturated rings. The molecule has 1 unspecified atom stereocenters. The van der Waals surface area contributed by atoms with Gasteiger partial charge in [-0.15, -0.1) is 0 Å². The van der Waals surface area contributed by atoms with Gasteiger partial charge in [0.05, 0.1) is 25.3 Å². The third kappa shape index (κ3) is 5.46. The zero-order valence-electron chi connectivity index (χ0n) is 10.2. The summed E-state index contributed by atoms with van der Waals surface area (Å²) in [5.74, 6) is -0.372. The Labute approximate surface area is 101 Å². The van der Waals surface area contributed by atoms with E-state index in [4.69, 9.17) is 4.74 Å². The number of aromatic nitrogens is 2. The van der Waals surface area contributed by atoms with Crippen molar-refractivity contribution in [3.63, 3.8) is 0 Å². The largest absolute Gasteiger partial charge is 0.466 e. The molecule has 6 heteroatoms. The van der Waals surface area contributed by atoms with Crippen molar-refractivity contribution in [2.75, 3.05) is 13.2 Å². The van der Waals surface area contributed by atoms with Crippen LogP contribution in [0.4, 0.5) is 0 Å². The summed E-state index contributed by atoms with van der Waals surface area (Å²) in [5.41, 5.74) is 1.04. The Bertz CT molecular complexity index is 351. The minimum absolute atomic E-state index is 0.0217. The zero-order valence-corrected chi connectivity index (χ0v) is 10.2. The fraction of sp³-hybridized carbons (Fsp3) is 0.636. The van der Waals surface area contributed by atoms with Crippen molar-refractivity contribution in [1.82, 2.24) is 15.1 Å². The van der Waals surface area contributed by atoms with Crippen LogP contribution in [-0.4, -0.2) is 40.1 Å². The van der Waals surface area contributed by atoms with Gasteiger partial charge in [0.1, 0.15) is 0 Å². The van der Waals surface area contributed by atoms with Gasteiger partial charge in [-0.05, 0) is 6.92 Å². The van der Waals surface area contributed by atoms with Crippen LogP contribution in [0.1, 0.15) is 18.9 Å². The van der Waals surface area contributed by atoms with E-state index >= 15 is 0 Å². The Morgan fingerprint density at radius 3 is 3.06 bits per heavy atom. The Hall–Kier alpha value is -1.40. The number of carbonyl (C=O) groups is 1.